The molecule has 1 N–H and O–H groups in total. The van der Waals surface area contributed by atoms with E-state index < -0.39 is 10.0 Å². The number of ether oxygens (including phenoxy) is 1. The van der Waals surface area contributed by atoms with E-state index >= 15 is 0 Å². The number of hydrogen-bond acceptors (Lipinski definition) is 9. The van der Waals surface area contributed by atoms with Gasteiger partial charge in [0.25, 0.3) is 15.6 Å². The summed E-state index contributed by atoms with van der Waals surface area (Å²) < 4.78 is 35.5. The zero-order chi connectivity index (χ0) is 24.6. The summed E-state index contributed by atoms with van der Waals surface area (Å²) >= 11 is 1.09. The third-order valence-electron chi connectivity index (χ3n) is 4.99. The van der Waals surface area contributed by atoms with Gasteiger partial charge in [-0.05, 0) is 46.1 Å². The van der Waals surface area contributed by atoms with Gasteiger partial charge in [-0.15, -0.1) is 11.3 Å². The van der Waals surface area contributed by atoms with Crippen molar-refractivity contribution < 1.29 is 13.2 Å². The quantitative estimate of drug-likeness (QED) is 0.411. The number of anilines is 1. The van der Waals surface area contributed by atoms with Gasteiger partial charge in [-0.2, -0.15) is 0 Å². The minimum absolute atomic E-state index is 0.124. The number of thiazole rings is 1. The molecule has 34 heavy (non-hydrogen) atoms. The fourth-order valence-electron chi connectivity index (χ4n) is 3.53. The Hall–Kier alpha value is -3.35. The van der Waals surface area contributed by atoms with E-state index in [1.165, 1.54) is 11.5 Å². The first-order valence-corrected chi connectivity index (χ1v) is 12.6. The lowest BCUT2D eigenvalue weighted by atomic mass is 10.1. The summed E-state index contributed by atoms with van der Waals surface area (Å²) in [5.41, 5.74) is 2.77. The van der Waals surface area contributed by atoms with Crippen molar-refractivity contribution in [2.24, 2.45) is 0 Å². The van der Waals surface area contributed by atoms with Crippen molar-refractivity contribution in [3.8, 4) is 17.0 Å². The van der Waals surface area contributed by atoms with E-state index in [1.54, 1.807) is 50.6 Å². The highest BCUT2D eigenvalue weighted by molar-refractivity contribution is 7.94. The number of nitrogens with zero attached hydrogens (tertiary/aromatic N) is 5. The van der Waals surface area contributed by atoms with Gasteiger partial charge in [0.15, 0.2) is 4.21 Å². The van der Waals surface area contributed by atoms with Crippen LogP contribution in [-0.4, -0.2) is 53.9 Å². The van der Waals surface area contributed by atoms with E-state index in [-0.39, 0.29) is 21.3 Å². The first kappa shape index (κ1) is 23.8. The summed E-state index contributed by atoms with van der Waals surface area (Å²) in [6, 6.07) is 5.15. The average Bonchev–Trinajstić information content (AvgIpc) is 3.14. The molecule has 0 bridgehead atoms. The number of hydrogen-bond donors (Lipinski definition) is 1. The number of methoxy groups -OCH3 is 1. The second-order valence-corrected chi connectivity index (χ2v) is 11.0. The Balaban J connectivity index is 1.77. The SMILES string of the molecule is COc1ncc(-c2ccc3ncc(CN(C)C)c(=O)n3c2)cc1NS(=O)(=O)c1sc(C)nc1C. The Bertz CT molecular complexity index is 1540. The lowest BCUT2D eigenvalue weighted by molar-refractivity contribution is 0.399. The van der Waals surface area contributed by atoms with Gasteiger partial charge in [-0.1, -0.05) is 0 Å². The molecule has 0 amide bonds. The molecule has 0 saturated carbocycles. The highest BCUT2D eigenvalue weighted by Gasteiger charge is 2.23. The zero-order valence-corrected chi connectivity index (χ0v) is 21.0. The number of aryl methyl sites for hydroxylation is 2. The molecular weight excluding hydrogens is 476 g/mol. The summed E-state index contributed by atoms with van der Waals surface area (Å²) in [4.78, 5) is 27.7. The van der Waals surface area contributed by atoms with Gasteiger partial charge in [0.2, 0.25) is 5.88 Å². The first-order chi connectivity index (χ1) is 16.1. The van der Waals surface area contributed by atoms with Crippen molar-refractivity contribution in [2.75, 3.05) is 25.9 Å². The zero-order valence-electron chi connectivity index (χ0n) is 19.4. The number of nitrogens with one attached hydrogen (secondary N) is 1. The molecule has 178 valence electrons. The lowest BCUT2D eigenvalue weighted by Crippen LogP contribution is -2.24. The summed E-state index contributed by atoms with van der Waals surface area (Å²) in [6.45, 7) is 3.86. The van der Waals surface area contributed by atoms with Crippen molar-refractivity contribution in [2.45, 2.75) is 24.6 Å². The van der Waals surface area contributed by atoms with Gasteiger partial charge in [0, 0.05) is 36.3 Å². The van der Waals surface area contributed by atoms with E-state index in [2.05, 4.69) is 19.7 Å². The van der Waals surface area contributed by atoms with E-state index in [1.807, 2.05) is 19.0 Å². The van der Waals surface area contributed by atoms with Gasteiger partial charge in [0.05, 0.1) is 23.4 Å². The third-order valence-corrected chi connectivity index (χ3v) is 8.03. The number of sulfonamides is 1. The maximum atomic E-state index is 13.0. The Kier molecular flexibility index (Phi) is 6.39. The fraction of sp³-hybridized carbons (Fsp3) is 0.273. The van der Waals surface area contributed by atoms with E-state index in [4.69, 9.17) is 4.74 Å². The number of aromatic nitrogens is 4. The molecule has 4 rings (SSSR count). The van der Waals surface area contributed by atoms with Crippen LogP contribution < -0.4 is 15.0 Å². The molecule has 0 aliphatic rings. The van der Waals surface area contributed by atoms with Crippen LogP contribution in [0.4, 0.5) is 5.69 Å². The second kappa shape index (κ2) is 9.12. The van der Waals surface area contributed by atoms with E-state index in [0.29, 0.717) is 39.6 Å². The predicted octanol–water partition coefficient (Wildman–Crippen LogP) is 2.70. The van der Waals surface area contributed by atoms with Gasteiger partial charge in [-0.3, -0.25) is 13.9 Å². The Morgan fingerprint density at radius 2 is 1.91 bits per heavy atom. The molecule has 4 aromatic rings. The molecule has 0 unspecified atom stereocenters. The molecule has 0 aromatic carbocycles. The molecule has 4 aromatic heterocycles. The number of rotatable bonds is 7. The van der Waals surface area contributed by atoms with Crippen LogP contribution in [0.1, 0.15) is 16.3 Å². The average molecular weight is 501 g/mol. The third kappa shape index (κ3) is 4.65. The first-order valence-electron chi connectivity index (χ1n) is 10.3. The second-order valence-electron chi connectivity index (χ2n) is 7.96. The minimum Gasteiger partial charge on any atom is -0.480 e. The van der Waals surface area contributed by atoms with Crippen LogP contribution in [0.25, 0.3) is 16.8 Å². The van der Waals surface area contributed by atoms with Crippen molar-refractivity contribution in [1.82, 2.24) is 24.3 Å². The number of fused-ring (bicyclic) bond motifs is 1. The van der Waals surface area contributed by atoms with Crippen LogP contribution in [0.3, 0.4) is 0 Å². The molecule has 0 aliphatic heterocycles. The lowest BCUT2D eigenvalue weighted by Gasteiger charge is -2.13. The molecule has 0 radical (unpaired) electrons. The summed E-state index contributed by atoms with van der Waals surface area (Å²) in [5, 5.41) is 0.653. The van der Waals surface area contributed by atoms with Gasteiger partial charge < -0.3 is 9.64 Å². The Morgan fingerprint density at radius 1 is 1.15 bits per heavy atom. The van der Waals surface area contributed by atoms with Crippen molar-refractivity contribution in [3.05, 3.63) is 63.4 Å². The molecule has 0 atom stereocenters. The van der Waals surface area contributed by atoms with Crippen molar-refractivity contribution in [3.63, 3.8) is 0 Å². The fourth-order valence-corrected chi connectivity index (χ4v) is 6.07. The molecule has 0 fully saturated rings. The summed E-state index contributed by atoms with van der Waals surface area (Å²) in [5.74, 6) is 0.124. The largest absolute Gasteiger partial charge is 0.480 e. The topological polar surface area (TPSA) is 119 Å². The van der Waals surface area contributed by atoms with Crippen LogP contribution >= 0.6 is 11.3 Å². The van der Waals surface area contributed by atoms with Gasteiger partial charge in [0.1, 0.15) is 11.3 Å². The molecule has 10 nitrogen and oxygen atoms in total. The van der Waals surface area contributed by atoms with Crippen LogP contribution in [-0.2, 0) is 16.6 Å². The molecule has 12 heteroatoms. The maximum Gasteiger partial charge on any atom is 0.273 e. The monoisotopic (exact) mass is 500 g/mol. The van der Waals surface area contributed by atoms with Crippen LogP contribution in [0.2, 0.25) is 0 Å². The van der Waals surface area contributed by atoms with Crippen LogP contribution in [0, 0.1) is 13.8 Å². The molecule has 0 saturated heterocycles. The predicted molar refractivity (Wildman–Crippen MR) is 131 cm³/mol. The normalized spacial score (nSPS) is 11.8. The van der Waals surface area contributed by atoms with Gasteiger partial charge >= 0.3 is 0 Å². The smallest absolute Gasteiger partial charge is 0.273 e. The summed E-state index contributed by atoms with van der Waals surface area (Å²) in [7, 11) is 1.28. The van der Waals surface area contributed by atoms with E-state index in [9.17, 15) is 13.2 Å². The molecule has 0 spiro atoms. The van der Waals surface area contributed by atoms with Crippen molar-refractivity contribution in [1.29, 1.82) is 0 Å². The number of pyridine rings is 2. The minimum atomic E-state index is -3.90. The van der Waals surface area contributed by atoms with Crippen LogP contribution in [0.15, 0.2) is 45.8 Å². The van der Waals surface area contributed by atoms with Crippen LogP contribution in [0.5, 0.6) is 5.88 Å². The Morgan fingerprint density at radius 3 is 2.56 bits per heavy atom. The van der Waals surface area contributed by atoms with E-state index in [0.717, 1.165) is 11.3 Å². The molecule has 4 heterocycles. The Labute approximate surface area is 201 Å². The molecular formula is C22H24N6O4S2. The maximum absolute atomic E-state index is 13.0. The highest BCUT2D eigenvalue weighted by Crippen LogP contribution is 2.32. The van der Waals surface area contributed by atoms with Crippen molar-refractivity contribution >= 4 is 32.7 Å². The standard InChI is InChI=1S/C22H24N6O4S2/c1-13-22(33-14(2)25-13)34(30,31)26-18-8-16(9-24-20(18)32-5)15-6-7-19-23-10-17(11-27(3)4)21(29)28(19)12-15/h6-10,12,26H,11H2,1-5H3. The van der Waals surface area contributed by atoms with Gasteiger partial charge in [-0.25, -0.2) is 23.4 Å². The summed E-state index contributed by atoms with van der Waals surface area (Å²) in [6.07, 6.45) is 4.81. The molecule has 0 aliphatic carbocycles. The highest BCUT2D eigenvalue weighted by atomic mass is 32.2.